The van der Waals surface area contributed by atoms with Gasteiger partial charge in [0.2, 0.25) is 5.95 Å². The molecule has 0 atom stereocenters. The first-order valence-corrected chi connectivity index (χ1v) is 9.46. The van der Waals surface area contributed by atoms with Gasteiger partial charge >= 0.3 is 0 Å². The van der Waals surface area contributed by atoms with Gasteiger partial charge in [0, 0.05) is 30.5 Å². The number of aromatic nitrogens is 2. The van der Waals surface area contributed by atoms with Crippen molar-refractivity contribution in [1.82, 2.24) is 9.97 Å². The molecule has 0 unspecified atom stereocenters. The number of rotatable bonds is 8. The third-order valence-electron chi connectivity index (χ3n) is 4.40. The third kappa shape index (κ3) is 5.30. The molecule has 0 radical (unpaired) electrons. The predicted molar refractivity (Wildman–Crippen MR) is 115 cm³/mol. The maximum Gasteiger partial charge on any atom is 0.252 e. The fourth-order valence-corrected chi connectivity index (χ4v) is 2.87. The highest BCUT2D eigenvalue weighted by Gasteiger charge is 2.05. The van der Waals surface area contributed by atoms with Crippen LogP contribution < -0.4 is 15.9 Å². The van der Waals surface area contributed by atoms with Crippen LogP contribution in [0.2, 0.25) is 0 Å². The maximum atomic E-state index is 11.6. The summed E-state index contributed by atoms with van der Waals surface area (Å²) >= 11 is 0. The lowest BCUT2D eigenvalue weighted by Gasteiger charge is -2.23. The molecule has 0 fully saturated rings. The molecule has 1 aromatic heterocycles. The Hall–Kier alpha value is -3.41. The monoisotopic (exact) mass is 375 g/mol. The summed E-state index contributed by atoms with van der Waals surface area (Å²) in [7, 11) is 0. The van der Waals surface area contributed by atoms with Gasteiger partial charge in [-0.15, -0.1) is 0 Å². The summed E-state index contributed by atoms with van der Waals surface area (Å²) < 4.78 is 0. The molecule has 0 bridgehead atoms. The van der Waals surface area contributed by atoms with Crippen LogP contribution in [0, 0.1) is 0 Å². The Balaban J connectivity index is 1.64. The van der Waals surface area contributed by atoms with E-state index in [1.807, 2.05) is 25.1 Å². The lowest BCUT2D eigenvalue weighted by atomic mass is 10.1. The Labute approximate surface area is 165 Å². The fourth-order valence-electron chi connectivity index (χ4n) is 2.87. The Morgan fingerprint density at radius 1 is 1.11 bits per heavy atom. The molecule has 2 N–H and O–H groups in total. The number of aromatic amines is 1. The van der Waals surface area contributed by atoms with E-state index >= 15 is 0 Å². The van der Waals surface area contributed by atoms with Gasteiger partial charge in [0.1, 0.15) is 0 Å². The van der Waals surface area contributed by atoms with E-state index in [9.17, 15) is 4.79 Å². The highest BCUT2D eigenvalue weighted by Crippen LogP contribution is 2.17. The fraction of sp³-hybridized carbons (Fsp3) is 0.227. The molecule has 0 spiro atoms. The summed E-state index contributed by atoms with van der Waals surface area (Å²) in [5, 5.41) is 4.17. The first-order chi connectivity index (χ1) is 13.7. The van der Waals surface area contributed by atoms with Gasteiger partial charge in [0.15, 0.2) is 0 Å². The number of nitrogens with zero attached hydrogens (tertiary/aromatic N) is 3. The number of hydrazone groups is 1. The lowest BCUT2D eigenvalue weighted by Crippen LogP contribution is -2.21. The van der Waals surface area contributed by atoms with Crippen molar-refractivity contribution in [3.8, 4) is 0 Å². The molecule has 3 rings (SSSR count). The highest BCUT2D eigenvalue weighted by atomic mass is 16.1. The van der Waals surface area contributed by atoms with E-state index in [4.69, 9.17) is 0 Å². The second kappa shape index (κ2) is 9.50. The molecule has 0 aliphatic heterocycles. The summed E-state index contributed by atoms with van der Waals surface area (Å²) in [6.07, 6.45) is 2.40. The van der Waals surface area contributed by atoms with E-state index in [0.29, 0.717) is 12.4 Å². The smallest absolute Gasteiger partial charge is 0.252 e. The van der Waals surface area contributed by atoms with Crippen LogP contribution in [0.25, 0.3) is 0 Å². The largest absolute Gasteiger partial charge is 0.367 e. The van der Waals surface area contributed by atoms with Crippen molar-refractivity contribution in [2.75, 3.05) is 16.9 Å². The summed E-state index contributed by atoms with van der Waals surface area (Å²) in [4.78, 5) is 20.8. The van der Waals surface area contributed by atoms with Crippen LogP contribution in [-0.4, -0.2) is 22.7 Å². The van der Waals surface area contributed by atoms with Crippen LogP contribution in [0.15, 0.2) is 70.6 Å². The van der Waals surface area contributed by atoms with E-state index in [1.54, 1.807) is 6.21 Å². The summed E-state index contributed by atoms with van der Waals surface area (Å²) in [6, 6.07) is 20.1. The maximum absolute atomic E-state index is 11.6. The third-order valence-corrected chi connectivity index (χ3v) is 4.40. The van der Waals surface area contributed by atoms with E-state index in [2.05, 4.69) is 68.7 Å². The molecule has 144 valence electrons. The van der Waals surface area contributed by atoms with E-state index in [-0.39, 0.29) is 5.56 Å². The molecule has 1 heterocycles. The number of aryl methyl sites for hydroxylation is 1. The van der Waals surface area contributed by atoms with Crippen LogP contribution >= 0.6 is 0 Å². The number of nitrogens with one attached hydrogen (secondary N) is 2. The van der Waals surface area contributed by atoms with Crippen LogP contribution in [0.4, 0.5) is 11.6 Å². The minimum Gasteiger partial charge on any atom is -0.367 e. The van der Waals surface area contributed by atoms with Crippen molar-refractivity contribution in [2.45, 2.75) is 26.8 Å². The number of H-pyrrole nitrogens is 1. The minimum absolute atomic E-state index is 0.188. The minimum atomic E-state index is -0.188. The van der Waals surface area contributed by atoms with Gasteiger partial charge < -0.3 is 4.90 Å². The molecule has 2 aromatic carbocycles. The summed E-state index contributed by atoms with van der Waals surface area (Å²) in [5.41, 5.74) is 6.73. The van der Waals surface area contributed by atoms with E-state index < -0.39 is 0 Å². The Bertz CT molecular complexity index is 964. The lowest BCUT2D eigenvalue weighted by molar-refractivity contribution is 0.832. The van der Waals surface area contributed by atoms with Gasteiger partial charge in [-0.2, -0.15) is 5.10 Å². The zero-order valence-electron chi connectivity index (χ0n) is 16.2. The summed E-state index contributed by atoms with van der Waals surface area (Å²) in [6.45, 7) is 5.91. The Kier molecular flexibility index (Phi) is 6.57. The molecule has 0 saturated heterocycles. The molecule has 6 heteroatoms. The number of hydrogen-bond acceptors (Lipinski definition) is 5. The number of anilines is 2. The zero-order valence-corrected chi connectivity index (χ0v) is 16.2. The first-order valence-electron chi connectivity index (χ1n) is 9.46. The normalized spacial score (nSPS) is 10.9. The number of hydrogen-bond donors (Lipinski definition) is 2. The molecular formula is C22H25N5O. The molecule has 0 aliphatic carbocycles. The van der Waals surface area contributed by atoms with Crippen molar-refractivity contribution in [2.24, 2.45) is 5.10 Å². The van der Waals surface area contributed by atoms with Crippen LogP contribution in [0.3, 0.4) is 0 Å². The highest BCUT2D eigenvalue weighted by molar-refractivity contribution is 5.80. The average molecular weight is 375 g/mol. The number of benzene rings is 2. The van der Waals surface area contributed by atoms with Crippen molar-refractivity contribution in [3.63, 3.8) is 0 Å². The SMILES string of the molecule is CCc1cc(=O)[nH]c(N/N=C\c2ccc(N(CC)Cc3ccccc3)cc2)n1. The van der Waals surface area contributed by atoms with Crippen molar-refractivity contribution >= 4 is 17.9 Å². The molecular weight excluding hydrogens is 350 g/mol. The average Bonchev–Trinajstić information content (AvgIpc) is 2.73. The van der Waals surface area contributed by atoms with Gasteiger partial charge in [0.25, 0.3) is 5.56 Å². The van der Waals surface area contributed by atoms with E-state index in [1.165, 1.54) is 11.6 Å². The Morgan fingerprint density at radius 3 is 2.54 bits per heavy atom. The van der Waals surface area contributed by atoms with Gasteiger partial charge in [0.05, 0.1) is 6.21 Å². The van der Waals surface area contributed by atoms with Crippen LogP contribution in [0.5, 0.6) is 0 Å². The second-order valence-corrected chi connectivity index (χ2v) is 6.40. The van der Waals surface area contributed by atoms with Crippen molar-refractivity contribution in [3.05, 3.63) is 87.8 Å². The van der Waals surface area contributed by atoms with Gasteiger partial charge in [-0.25, -0.2) is 10.4 Å². The Morgan fingerprint density at radius 2 is 1.86 bits per heavy atom. The molecule has 6 nitrogen and oxygen atoms in total. The second-order valence-electron chi connectivity index (χ2n) is 6.40. The molecule has 0 aliphatic rings. The quantitative estimate of drug-likeness (QED) is 0.464. The van der Waals surface area contributed by atoms with Gasteiger partial charge in [-0.3, -0.25) is 9.78 Å². The van der Waals surface area contributed by atoms with Gasteiger partial charge in [-0.1, -0.05) is 49.4 Å². The predicted octanol–water partition coefficient (Wildman–Crippen LogP) is 3.80. The first kappa shape index (κ1) is 19.4. The van der Waals surface area contributed by atoms with Crippen LogP contribution in [-0.2, 0) is 13.0 Å². The molecule has 3 aromatic rings. The molecule has 28 heavy (non-hydrogen) atoms. The molecule has 0 amide bonds. The zero-order chi connectivity index (χ0) is 19.8. The summed E-state index contributed by atoms with van der Waals surface area (Å²) in [5.74, 6) is 0.345. The van der Waals surface area contributed by atoms with Gasteiger partial charge in [-0.05, 0) is 36.6 Å². The van der Waals surface area contributed by atoms with Crippen LogP contribution in [0.1, 0.15) is 30.7 Å². The van der Waals surface area contributed by atoms with Crippen molar-refractivity contribution < 1.29 is 0 Å². The standard InChI is InChI=1S/C22H25N5O/c1-3-19-14-21(28)25-22(24-19)26-23-15-17-10-12-20(13-11-17)27(4-2)16-18-8-6-5-7-9-18/h5-15H,3-4,16H2,1-2H3,(H2,24,25,26,28)/b23-15-. The van der Waals surface area contributed by atoms with Crippen molar-refractivity contribution in [1.29, 1.82) is 0 Å². The van der Waals surface area contributed by atoms with E-state index in [0.717, 1.165) is 30.0 Å². The topological polar surface area (TPSA) is 73.4 Å². The molecule has 0 saturated carbocycles.